The highest BCUT2D eigenvalue weighted by atomic mass is 32.1. The van der Waals surface area contributed by atoms with Crippen LogP contribution in [0.1, 0.15) is 29.1 Å². The molecule has 7 heteroatoms. The van der Waals surface area contributed by atoms with Gasteiger partial charge < -0.3 is 15.0 Å². The number of nitrogens with zero attached hydrogens (tertiary/aromatic N) is 4. The molecule has 146 valence electrons. The topological polar surface area (TPSA) is 63.2 Å². The van der Waals surface area contributed by atoms with E-state index in [1.54, 1.807) is 23.7 Å². The third-order valence-electron chi connectivity index (χ3n) is 4.81. The molecule has 6 nitrogen and oxygen atoms in total. The molecule has 2 aromatic heterocycles. The quantitative estimate of drug-likeness (QED) is 0.660. The standard InChI is InChI=1S/C21H25N5OS/c1-16-5-7-19(8-6-16)27-14-20-25-18(15-28-20)12-24-17-4-2-11-26(13-17)21-22-9-3-10-23-21/h3,5-10,15,17,24H,2,4,11-14H2,1H3. The third-order valence-corrected chi connectivity index (χ3v) is 5.68. The van der Waals surface area contributed by atoms with Crippen molar-refractivity contribution in [2.75, 3.05) is 18.0 Å². The number of ether oxygens (including phenoxy) is 1. The Hall–Kier alpha value is -2.51. The van der Waals surface area contributed by atoms with Crippen LogP contribution in [-0.4, -0.2) is 34.1 Å². The molecule has 1 saturated heterocycles. The molecule has 1 N–H and O–H groups in total. The van der Waals surface area contributed by atoms with Crippen LogP contribution >= 0.6 is 11.3 Å². The van der Waals surface area contributed by atoms with Gasteiger partial charge in [0.25, 0.3) is 0 Å². The highest BCUT2D eigenvalue weighted by Gasteiger charge is 2.21. The van der Waals surface area contributed by atoms with Crippen LogP contribution in [0, 0.1) is 6.92 Å². The third kappa shape index (κ3) is 5.05. The lowest BCUT2D eigenvalue weighted by atomic mass is 10.1. The molecule has 4 rings (SSSR count). The van der Waals surface area contributed by atoms with Crippen LogP contribution in [0.15, 0.2) is 48.1 Å². The van der Waals surface area contributed by atoms with Crippen molar-refractivity contribution in [2.24, 2.45) is 0 Å². The van der Waals surface area contributed by atoms with Gasteiger partial charge in [-0.2, -0.15) is 0 Å². The minimum atomic E-state index is 0.423. The van der Waals surface area contributed by atoms with E-state index >= 15 is 0 Å². The van der Waals surface area contributed by atoms with E-state index in [1.165, 1.54) is 5.56 Å². The molecule has 28 heavy (non-hydrogen) atoms. The molecule has 0 aliphatic carbocycles. The molecule has 0 spiro atoms. The summed E-state index contributed by atoms with van der Waals surface area (Å²) in [6.07, 6.45) is 5.91. The second-order valence-electron chi connectivity index (χ2n) is 7.05. The van der Waals surface area contributed by atoms with Gasteiger partial charge in [0.05, 0.1) is 5.69 Å². The second-order valence-corrected chi connectivity index (χ2v) is 7.99. The Labute approximate surface area is 169 Å². The summed E-state index contributed by atoms with van der Waals surface area (Å²) in [5.74, 6) is 1.70. The lowest BCUT2D eigenvalue weighted by Gasteiger charge is -2.33. The summed E-state index contributed by atoms with van der Waals surface area (Å²) in [6.45, 7) is 5.30. The molecule has 3 heterocycles. The van der Waals surface area contributed by atoms with Gasteiger partial charge in [-0.25, -0.2) is 15.0 Å². The van der Waals surface area contributed by atoms with Crippen molar-refractivity contribution in [3.63, 3.8) is 0 Å². The molecule has 1 aliphatic heterocycles. The van der Waals surface area contributed by atoms with E-state index < -0.39 is 0 Å². The van der Waals surface area contributed by atoms with Crippen molar-refractivity contribution in [3.8, 4) is 5.75 Å². The van der Waals surface area contributed by atoms with Crippen LogP contribution in [0.2, 0.25) is 0 Å². The molecule has 0 bridgehead atoms. The monoisotopic (exact) mass is 395 g/mol. The van der Waals surface area contributed by atoms with E-state index in [4.69, 9.17) is 9.72 Å². The molecular formula is C21H25N5OS. The number of piperidine rings is 1. The Kier molecular flexibility index (Phi) is 6.14. The number of thiazole rings is 1. The molecule has 0 amide bonds. The highest BCUT2D eigenvalue weighted by molar-refractivity contribution is 7.09. The van der Waals surface area contributed by atoms with Gasteiger partial charge in [-0.1, -0.05) is 17.7 Å². The van der Waals surface area contributed by atoms with E-state index in [1.807, 2.05) is 18.2 Å². The Balaban J connectivity index is 1.25. The zero-order valence-electron chi connectivity index (χ0n) is 16.0. The molecular weight excluding hydrogens is 370 g/mol. The van der Waals surface area contributed by atoms with Crippen LogP contribution < -0.4 is 15.0 Å². The number of anilines is 1. The Bertz CT molecular complexity index is 868. The maximum Gasteiger partial charge on any atom is 0.225 e. The molecule has 3 aromatic rings. The molecule has 1 atom stereocenters. The Morgan fingerprint density at radius 1 is 1.21 bits per heavy atom. The largest absolute Gasteiger partial charge is 0.486 e. The lowest BCUT2D eigenvalue weighted by Crippen LogP contribution is -2.46. The number of aromatic nitrogens is 3. The maximum absolute atomic E-state index is 5.82. The summed E-state index contributed by atoms with van der Waals surface area (Å²) in [4.78, 5) is 15.7. The Morgan fingerprint density at radius 2 is 2.04 bits per heavy atom. The first kappa shape index (κ1) is 18.8. The summed E-state index contributed by atoms with van der Waals surface area (Å²) >= 11 is 1.65. The van der Waals surface area contributed by atoms with Crippen LogP contribution in [-0.2, 0) is 13.2 Å². The lowest BCUT2D eigenvalue weighted by molar-refractivity contribution is 0.305. The predicted octanol–water partition coefficient (Wildman–Crippen LogP) is 3.58. The van der Waals surface area contributed by atoms with Gasteiger partial charge in [0.15, 0.2) is 0 Å². The summed E-state index contributed by atoms with van der Waals surface area (Å²) in [7, 11) is 0. The molecule has 1 fully saturated rings. The van der Waals surface area contributed by atoms with Gasteiger partial charge in [-0.15, -0.1) is 11.3 Å². The predicted molar refractivity (Wildman–Crippen MR) is 112 cm³/mol. The van der Waals surface area contributed by atoms with E-state index in [0.717, 1.165) is 54.9 Å². The van der Waals surface area contributed by atoms with E-state index in [2.05, 4.69) is 44.6 Å². The Morgan fingerprint density at radius 3 is 2.86 bits per heavy atom. The van der Waals surface area contributed by atoms with Crippen molar-refractivity contribution in [1.82, 2.24) is 20.3 Å². The van der Waals surface area contributed by atoms with Crippen molar-refractivity contribution >= 4 is 17.3 Å². The number of aryl methyl sites for hydroxylation is 1. The number of rotatable bonds is 7. The average molecular weight is 396 g/mol. The van der Waals surface area contributed by atoms with Crippen LogP contribution in [0.25, 0.3) is 0 Å². The SMILES string of the molecule is Cc1ccc(OCc2nc(CNC3CCCN(c4ncccn4)C3)cs2)cc1. The van der Waals surface area contributed by atoms with Crippen LogP contribution in [0.4, 0.5) is 5.95 Å². The summed E-state index contributed by atoms with van der Waals surface area (Å²) in [5.41, 5.74) is 2.30. The van der Waals surface area contributed by atoms with Crippen LogP contribution in [0.3, 0.4) is 0 Å². The van der Waals surface area contributed by atoms with E-state index in [9.17, 15) is 0 Å². The first-order valence-electron chi connectivity index (χ1n) is 9.64. The fraction of sp³-hybridized carbons (Fsp3) is 0.381. The van der Waals surface area contributed by atoms with Crippen LogP contribution in [0.5, 0.6) is 5.75 Å². The zero-order valence-corrected chi connectivity index (χ0v) is 16.9. The van der Waals surface area contributed by atoms with Gasteiger partial charge in [-0.3, -0.25) is 0 Å². The average Bonchev–Trinajstić information content (AvgIpc) is 3.21. The summed E-state index contributed by atoms with van der Waals surface area (Å²) < 4.78 is 5.82. The summed E-state index contributed by atoms with van der Waals surface area (Å²) in [6, 6.07) is 10.4. The van der Waals surface area contributed by atoms with Gasteiger partial charge >= 0.3 is 0 Å². The van der Waals surface area contributed by atoms with Crippen molar-refractivity contribution < 1.29 is 4.74 Å². The van der Waals surface area contributed by atoms with Gasteiger partial charge in [0.2, 0.25) is 5.95 Å². The maximum atomic E-state index is 5.82. The van der Waals surface area contributed by atoms with Crippen molar-refractivity contribution in [1.29, 1.82) is 0 Å². The van der Waals surface area contributed by atoms with Gasteiger partial charge in [0.1, 0.15) is 17.4 Å². The fourth-order valence-electron chi connectivity index (χ4n) is 3.30. The van der Waals surface area contributed by atoms with E-state index in [0.29, 0.717) is 12.6 Å². The molecule has 1 unspecified atom stereocenters. The van der Waals surface area contributed by atoms with Gasteiger partial charge in [0, 0.05) is 43.4 Å². The smallest absolute Gasteiger partial charge is 0.225 e. The number of benzene rings is 1. The van der Waals surface area contributed by atoms with Gasteiger partial charge in [-0.05, 0) is 38.0 Å². The second kappa shape index (κ2) is 9.12. The van der Waals surface area contributed by atoms with Crippen molar-refractivity contribution in [3.05, 3.63) is 64.4 Å². The molecule has 1 aromatic carbocycles. The fourth-order valence-corrected chi connectivity index (χ4v) is 4.01. The molecule has 0 saturated carbocycles. The normalized spacial score (nSPS) is 16.9. The zero-order chi connectivity index (χ0) is 19.2. The number of hydrogen-bond donors (Lipinski definition) is 1. The first-order valence-corrected chi connectivity index (χ1v) is 10.5. The van der Waals surface area contributed by atoms with E-state index in [-0.39, 0.29) is 0 Å². The number of nitrogens with one attached hydrogen (secondary N) is 1. The first-order chi connectivity index (χ1) is 13.8. The summed E-state index contributed by atoms with van der Waals surface area (Å²) in [5, 5.41) is 6.75. The molecule has 0 radical (unpaired) electrons. The minimum Gasteiger partial charge on any atom is -0.486 e. The molecule has 1 aliphatic rings. The van der Waals surface area contributed by atoms with Crippen molar-refractivity contribution in [2.45, 2.75) is 39.0 Å². The minimum absolute atomic E-state index is 0.423. The number of hydrogen-bond acceptors (Lipinski definition) is 7. The highest BCUT2D eigenvalue weighted by Crippen LogP contribution is 2.18.